The van der Waals surface area contributed by atoms with E-state index in [2.05, 4.69) is 5.29 Å². The molecule has 0 aromatic heterocycles. The second kappa shape index (κ2) is 3.91. The second-order valence-corrected chi connectivity index (χ2v) is 5.34. The zero-order valence-electron chi connectivity index (χ0n) is 7.29. The number of carboxylic acid groups (broad SMARTS) is 1. The van der Waals surface area contributed by atoms with Crippen molar-refractivity contribution in [3.05, 3.63) is 4.91 Å². The highest BCUT2D eigenvalue weighted by atomic mass is 32.2. The second-order valence-electron chi connectivity index (χ2n) is 3.11. The Hall–Kier alpha value is -1.18. The number of carbonyl (C=O) groups is 1. The van der Waals surface area contributed by atoms with Crippen molar-refractivity contribution in [1.82, 2.24) is 5.01 Å². The van der Waals surface area contributed by atoms with Gasteiger partial charge in [0.05, 0.1) is 35.8 Å². The summed E-state index contributed by atoms with van der Waals surface area (Å²) in [5.41, 5.74) is 0. The Bertz CT molecular complexity index is 338. The maximum atomic E-state index is 11.1. The molecule has 0 bridgehead atoms. The third kappa shape index (κ3) is 2.66. The van der Waals surface area contributed by atoms with Crippen LogP contribution >= 0.6 is 0 Å². The molecule has 1 heterocycles. The summed E-state index contributed by atoms with van der Waals surface area (Å²) in [5, 5.41) is 12.1. The van der Waals surface area contributed by atoms with Gasteiger partial charge in [0.2, 0.25) is 0 Å². The van der Waals surface area contributed by atoms with Crippen LogP contribution < -0.4 is 0 Å². The molecule has 0 saturated carbocycles. The van der Waals surface area contributed by atoms with Gasteiger partial charge in [-0.3, -0.25) is 9.80 Å². The summed E-state index contributed by atoms with van der Waals surface area (Å²) in [6.07, 6.45) is -0.384. The van der Waals surface area contributed by atoms with Gasteiger partial charge in [-0.25, -0.2) is 8.42 Å². The molecule has 1 atom stereocenters. The molecule has 0 aromatic rings. The molecule has 14 heavy (non-hydrogen) atoms. The van der Waals surface area contributed by atoms with Crippen LogP contribution in [0, 0.1) is 4.91 Å². The van der Waals surface area contributed by atoms with Gasteiger partial charge in [0.1, 0.15) is 0 Å². The Balaban J connectivity index is 2.75. The molecule has 80 valence electrons. The minimum atomic E-state index is -3.22. The van der Waals surface area contributed by atoms with E-state index in [1.165, 1.54) is 0 Å². The first-order valence-electron chi connectivity index (χ1n) is 3.97. The lowest BCUT2D eigenvalue weighted by Gasteiger charge is -2.29. The van der Waals surface area contributed by atoms with E-state index < -0.39 is 21.8 Å². The van der Waals surface area contributed by atoms with Gasteiger partial charge < -0.3 is 5.11 Å². The summed E-state index contributed by atoms with van der Waals surface area (Å²) < 4.78 is 22.3. The number of carboxylic acids is 1. The molecule has 8 heteroatoms. The third-order valence-electron chi connectivity index (χ3n) is 2.01. The fourth-order valence-electron chi connectivity index (χ4n) is 1.35. The predicted molar refractivity (Wildman–Crippen MR) is 47.2 cm³/mol. The van der Waals surface area contributed by atoms with Gasteiger partial charge >= 0.3 is 5.97 Å². The van der Waals surface area contributed by atoms with E-state index in [9.17, 15) is 18.1 Å². The van der Waals surface area contributed by atoms with E-state index in [0.717, 1.165) is 5.01 Å². The van der Waals surface area contributed by atoms with Gasteiger partial charge in [-0.1, -0.05) is 0 Å². The maximum Gasteiger partial charge on any atom is 0.305 e. The van der Waals surface area contributed by atoms with Crippen LogP contribution in [0.5, 0.6) is 0 Å². The number of nitrogens with zero attached hydrogens (tertiary/aromatic N) is 2. The van der Waals surface area contributed by atoms with Crippen molar-refractivity contribution in [3.8, 4) is 0 Å². The number of hydrogen-bond acceptors (Lipinski definition) is 5. The normalized spacial score (nSPS) is 25.7. The fraction of sp³-hybridized carbons (Fsp3) is 0.833. The van der Waals surface area contributed by atoms with E-state index in [4.69, 9.17) is 5.11 Å². The smallest absolute Gasteiger partial charge is 0.305 e. The fourth-order valence-corrected chi connectivity index (χ4v) is 2.86. The average molecular weight is 222 g/mol. The molecule has 1 fully saturated rings. The zero-order valence-corrected chi connectivity index (χ0v) is 8.11. The molecule has 1 N–H and O–H groups in total. The van der Waals surface area contributed by atoms with Gasteiger partial charge in [0, 0.05) is 0 Å². The highest BCUT2D eigenvalue weighted by molar-refractivity contribution is 7.91. The highest BCUT2D eigenvalue weighted by Gasteiger charge is 2.32. The van der Waals surface area contributed by atoms with E-state index in [-0.39, 0.29) is 24.5 Å². The van der Waals surface area contributed by atoms with Gasteiger partial charge in [-0.2, -0.15) is 0 Å². The van der Waals surface area contributed by atoms with Crippen molar-refractivity contribution in [2.45, 2.75) is 12.5 Å². The van der Waals surface area contributed by atoms with Crippen LogP contribution in [0.1, 0.15) is 6.42 Å². The van der Waals surface area contributed by atoms with Crippen LogP contribution in [0.25, 0.3) is 0 Å². The molecule has 0 spiro atoms. The summed E-state index contributed by atoms with van der Waals surface area (Å²) in [6.45, 7) is -0.0240. The van der Waals surface area contributed by atoms with Crippen LogP contribution in [0.3, 0.4) is 0 Å². The van der Waals surface area contributed by atoms with E-state index in [1.807, 2.05) is 0 Å². The molecule has 7 nitrogen and oxygen atoms in total. The van der Waals surface area contributed by atoms with Crippen LogP contribution in [-0.4, -0.2) is 48.6 Å². The number of nitroso groups, excluding NO2 is 1. The Morgan fingerprint density at radius 3 is 2.71 bits per heavy atom. The minimum absolute atomic E-state index is 0.0240. The largest absolute Gasteiger partial charge is 0.481 e. The first kappa shape index (κ1) is 10.9. The molecule has 0 amide bonds. The molecule has 0 radical (unpaired) electrons. The van der Waals surface area contributed by atoms with Crippen LogP contribution in [0.2, 0.25) is 0 Å². The number of hydrogen-bond donors (Lipinski definition) is 1. The molecule has 1 rings (SSSR count). The molecule has 1 aliphatic rings. The number of rotatable bonds is 3. The SMILES string of the molecule is O=NN1CCS(=O)(=O)CC1CC(=O)O. The lowest BCUT2D eigenvalue weighted by atomic mass is 10.2. The van der Waals surface area contributed by atoms with Crippen molar-refractivity contribution in [2.24, 2.45) is 5.29 Å². The molecule has 1 aliphatic heterocycles. The predicted octanol–water partition coefficient (Wildman–Crippen LogP) is -0.758. The summed E-state index contributed by atoms with van der Waals surface area (Å²) >= 11 is 0. The Morgan fingerprint density at radius 2 is 2.21 bits per heavy atom. The summed E-state index contributed by atoms with van der Waals surface area (Å²) in [7, 11) is -3.22. The molecule has 0 aliphatic carbocycles. The van der Waals surface area contributed by atoms with Crippen LogP contribution in [0.4, 0.5) is 0 Å². The van der Waals surface area contributed by atoms with Crippen molar-refractivity contribution in [1.29, 1.82) is 0 Å². The van der Waals surface area contributed by atoms with Gasteiger partial charge in [0.15, 0.2) is 9.84 Å². The lowest BCUT2D eigenvalue weighted by molar-refractivity contribution is -0.138. The monoisotopic (exact) mass is 222 g/mol. The molecule has 1 unspecified atom stereocenters. The van der Waals surface area contributed by atoms with E-state index in [1.54, 1.807) is 0 Å². The summed E-state index contributed by atoms with van der Waals surface area (Å²) in [6, 6.07) is -0.830. The minimum Gasteiger partial charge on any atom is -0.481 e. The zero-order chi connectivity index (χ0) is 10.8. The first-order chi connectivity index (χ1) is 6.44. The summed E-state index contributed by atoms with van der Waals surface area (Å²) in [5.74, 6) is -1.60. The Morgan fingerprint density at radius 1 is 1.57 bits per heavy atom. The van der Waals surface area contributed by atoms with Crippen molar-refractivity contribution >= 4 is 15.8 Å². The average Bonchev–Trinajstić information content (AvgIpc) is 2.01. The first-order valence-corrected chi connectivity index (χ1v) is 5.79. The Labute approximate surface area is 80.6 Å². The number of sulfone groups is 1. The molecular formula is C6H10N2O5S. The standard InChI is InChI=1S/C6H10N2O5S/c9-6(10)3-5-4-14(12,13)2-1-8(5)7-11/h5H,1-4H2,(H,9,10). The van der Waals surface area contributed by atoms with Crippen molar-refractivity contribution in [2.75, 3.05) is 18.1 Å². The van der Waals surface area contributed by atoms with Crippen LogP contribution in [-0.2, 0) is 14.6 Å². The van der Waals surface area contributed by atoms with E-state index >= 15 is 0 Å². The maximum absolute atomic E-state index is 11.1. The Kier molecular flexibility index (Phi) is 3.04. The quantitative estimate of drug-likeness (QED) is 0.629. The van der Waals surface area contributed by atoms with Crippen molar-refractivity contribution < 1.29 is 18.3 Å². The molecular weight excluding hydrogens is 212 g/mol. The van der Waals surface area contributed by atoms with Gasteiger partial charge in [-0.05, 0) is 0 Å². The van der Waals surface area contributed by atoms with Crippen molar-refractivity contribution in [3.63, 3.8) is 0 Å². The molecule has 0 aromatic carbocycles. The lowest BCUT2D eigenvalue weighted by Crippen LogP contribution is -2.46. The third-order valence-corrected chi connectivity index (χ3v) is 3.71. The van der Waals surface area contributed by atoms with Crippen LogP contribution in [0.15, 0.2) is 5.29 Å². The number of aliphatic carboxylic acids is 1. The highest BCUT2D eigenvalue weighted by Crippen LogP contribution is 2.14. The summed E-state index contributed by atoms with van der Waals surface area (Å²) in [4.78, 5) is 20.6. The topological polar surface area (TPSA) is 104 Å². The van der Waals surface area contributed by atoms with E-state index in [0.29, 0.717) is 0 Å². The molecule has 1 saturated heterocycles. The van der Waals surface area contributed by atoms with Gasteiger partial charge in [-0.15, -0.1) is 4.91 Å². The van der Waals surface area contributed by atoms with Gasteiger partial charge in [0.25, 0.3) is 0 Å².